The Balaban J connectivity index is 2.05. The van der Waals surface area contributed by atoms with Crippen LogP contribution in [0, 0.1) is 17.7 Å². The zero-order valence-electron chi connectivity index (χ0n) is 18.4. The Hall–Kier alpha value is -2.41. The van der Waals surface area contributed by atoms with Gasteiger partial charge in [-0.1, -0.05) is 18.5 Å². The molecule has 2 aromatic rings. The zero-order chi connectivity index (χ0) is 22.7. The lowest BCUT2D eigenvalue weighted by atomic mass is 9.82. The van der Waals surface area contributed by atoms with Crippen LogP contribution in [0.1, 0.15) is 63.7 Å². The van der Waals surface area contributed by atoms with E-state index in [4.69, 9.17) is 16.3 Å². The highest BCUT2D eigenvalue weighted by Gasteiger charge is 2.34. The molecule has 1 aromatic carbocycles. The Morgan fingerprint density at radius 2 is 1.94 bits per heavy atom. The topological polar surface area (TPSA) is 64.4 Å². The summed E-state index contributed by atoms with van der Waals surface area (Å²) in [6.07, 6.45) is 5.10. The number of hydrogen-bond donors (Lipinski definition) is 0. The molecule has 0 bridgehead atoms. The maximum Gasteiger partial charge on any atom is 0.343 e. The van der Waals surface area contributed by atoms with Gasteiger partial charge in [0.1, 0.15) is 11.4 Å². The average Bonchev–Trinajstić information content (AvgIpc) is 3.13. The fourth-order valence-corrected chi connectivity index (χ4v) is 4.22. The Bertz CT molecular complexity index is 931. The first-order chi connectivity index (χ1) is 14.7. The van der Waals surface area contributed by atoms with Gasteiger partial charge < -0.3 is 4.74 Å². The van der Waals surface area contributed by atoms with Gasteiger partial charge in [-0.3, -0.25) is 9.69 Å². The van der Waals surface area contributed by atoms with Crippen LogP contribution >= 0.6 is 11.6 Å². The van der Waals surface area contributed by atoms with Crippen LogP contribution in [0.25, 0.3) is 5.69 Å². The van der Waals surface area contributed by atoms with E-state index in [0.717, 1.165) is 25.7 Å². The molecule has 0 spiro atoms. The van der Waals surface area contributed by atoms with Crippen LogP contribution in [0.15, 0.2) is 24.4 Å². The molecule has 1 fully saturated rings. The van der Waals surface area contributed by atoms with Crippen LogP contribution in [0.3, 0.4) is 0 Å². The van der Waals surface area contributed by atoms with Crippen molar-refractivity contribution in [3.8, 4) is 5.69 Å². The molecule has 3 rings (SSSR count). The Kier molecular flexibility index (Phi) is 7.36. The minimum atomic E-state index is -0.582. The third-order valence-electron chi connectivity index (χ3n) is 5.65. The molecule has 1 aliphatic carbocycles. The molecule has 1 amide bonds. The molecule has 0 aliphatic heterocycles. The van der Waals surface area contributed by atoms with E-state index < -0.39 is 11.8 Å². The lowest BCUT2D eigenvalue weighted by Gasteiger charge is -2.32. The van der Waals surface area contributed by atoms with E-state index in [-0.39, 0.29) is 40.9 Å². The third kappa shape index (κ3) is 5.26. The second kappa shape index (κ2) is 9.81. The number of nitrogens with zero attached hydrogens (tertiary/aromatic N) is 3. The van der Waals surface area contributed by atoms with Crippen molar-refractivity contribution in [1.29, 1.82) is 0 Å². The van der Waals surface area contributed by atoms with E-state index in [9.17, 15) is 14.0 Å². The molecule has 8 heteroatoms. The second-order valence-corrected chi connectivity index (χ2v) is 8.85. The summed E-state index contributed by atoms with van der Waals surface area (Å²) in [5.41, 5.74) is 0.512. The largest absolute Gasteiger partial charge is 0.462 e. The molecule has 6 nitrogen and oxygen atoms in total. The standard InChI is InChI=1S/C23H29ClFN3O3/c1-5-31-23(30)20-13-27(19-11-17(24)10-18(25)12-19)26-21(20)28(14(2)3)22(29)16-8-6-15(4)7-9-16/h10-16H,5-9H2,1-4H3/t15-,16-. The number of carbonyl (C=O) groups excluding carboxylic acids is 2. The minimum absolute atomic E-state index is 0.0463. The Morgan fingerprint density at radius 3 is 2.52 bits per heavy atom. The van der Waals surface area contributed by atoms with Crippen molar-refractivity contribution in [2.24, 2.45) is 11.8 Å². The molecule has 1 heterocycles. The van der Waals surface area contributed by atoms with Crippen molar-refractivity contribution in [3.05, 3.63) is 40.8 Å². The van der Waals surface area contributed by atoms with Crippen molar-refractivity contribution in [2.45, 2.75) is 59.4 Å². The van der Waals surface area contributed by atoms with Gasteiger partial charge in [-0.2, -0.15) is 0 Å². The van der Waals surface area contributed by atoms with Crippen LogP contribution in [0.2, 0.25) is 5.02 Å². The van der Waals surface area contributed by atoms with Crippen LogP contribution < -0.4 is 4.90 Å². The number of aromatic nitrogens is 2. The smallest absolute Gasteiger partial charge is 0.343 e. The average molecular weight is 450 g/mol. The first-order valence-corrected chi connectivity index (χ1v) is 11.1. The van der Waals surface area contributed by atoms with Gasteiger partial charge in [0.15, 0.2) is 5.82 Å². The Morgan fingerprint density at radius 1 is 1.26 bits per heavy atom. The van der Waals surface area contributed by atoms with E-state index >= 15 is 0 Å². The molecular weight excluding hydrogens is 421 g/mol. The lowest BCUT2D eigenvalue weighted by molar-refractivity contribution is -0.124. The van der Waals surface area contributed by atoms with E-state index in [0.29, 0.717) is 11.6 Å². The predicted molar refractivity (Wildman–Crippen MR) is 118 cm³/mol. The molecule has 0 radical (unpaired) electrons. The molecule has 1 saturated carbocycles. The highest BCUT2D eigenvalue weighted by molar-refractivity contribution is 6.30. The fraction of sp³-hybridized carbons (Fsp3) is 0.522. The summed E-state index contributed by atoms with van der Waals surface area (Å²) in [4.78, 5) is 27.8. The number of anilines is 1. The van der Waals surface area contributed by atoms with Crippen molar-refractivity contribution >= 4 is 29.3 Å². The number of hydrogen-bond acceptors (Lipinski definition) is 4. The van der Waals surface area contributed by atoms with Gasteiger partial charge in [-0.25, -0.2) is 13.9 Å². The molecule has 168 valence electrons. The first-order valence-electron chi connectivity index (χ1n) is 10.8. The number of halogens is 2. The third-order valence-corrected chi connectivity index (χ3v) is 5.87. The van der Waals surface area contributed by atoms with Gasteiger partial charge in [0, 0.05) is 23.2 Å². The summed E-state index contributed by atoms with van der Waals surface area (Å²) in [6, 6.07) is 3.78. The van der Waals surface area contributed by atoms with Gasteiger partial charge in [0.25, 0.3) is 0 Å². The normalized spacial score (nSPS) is 18.8. The van der Waals surface area contributed by atoms with Gasteiger partial charge in [0.05, 0.1) is 12.3 Å². The number of esters is 1. The SMILES string of the molecule is CCOC(=O)c1cn(-c2cc(F)cc(Cl)c2)nc1N(C(=O)[C@H]1CC[C@H](C)CC1)C(C)C. The van der Waals surface area contributed by atoms with Crippen LogP contribution in [0.4, 0.5) is 10.2 Å². The lowest BCUT2D eigenvalue weighted by Crippen LogP contribution is -2.43. The molecule has 0 unspecified atom stereocenters. The minimum Gasteiger partial charge on any atom is -0.462 e. The summed E-state index contributed by atoms with van der Waals surface area (Å²) in [5.74, 6) is -0.425. The van der Waals surface area contributed by atoms with Crippen LogP contribution in [0.5, 0.6) is 0 Å². The highest BCUT2D eigenvalue weighted by Crippen LogP contribution is 2.33. The summed E-state index contributed by atoms with van der Waals surface area (Å²) in [7, 11) is 0. The number of rotatable bonds is 6. The second-order valence-electron chi connectivity index (χ2n) is 8.42. The first kappa shape index (κ1) is 23.3. The number of amides is 1. The molecule has 31 heavy (non-hydrogen) atoms. The maximum atomic E-state index is 13.9. The zero-order valence-corrected chi connectivity index (χ0v) is 19.2. The maximum absolute atomic E-state index is 13.9. The van der Waals surface area contributed by atoms with Crippen molar-refractivity contribution in [2.75, 3.05) is 11.5 Å². The summed E-state index contributed by atoms with van der Waals surface area (Å²) < 4.78 is 20.5. The highest BCUT2D eigenvalue weighted by atomic mass is 35.5. The summed E-state index contributed by atoms with van der Waals surface area (Å²) in [5, 5.41) is 4.72. The monoisotopic (exact) mass is 449 g/mol. The summed E-state index contributed by atoms with van der Waals surface area (Å²) >= 11 is 6.00. The molecule has 0 atom stereocenters. The van der Waals surface area contributed by atoms with Gasteiger partial charge in [0.2, 0.25) is 5.91 Å². The van der Waals surface area contributed by atoms with Crippen LogP contribution in [-0.4, -0.2) is 34.3 Å². The van der Waals surface area contributed by atoms with E-state index in [2.05, 4.69) is 12.0 Å². The number of ether oxygens (including phenoxy) is 1. The van der Waals surface area contributed by atoms with Crippen LogP contribution in [-0.2, 0) is 9.53 Å². The number of benzene rings is 1. The van der Waals surface area contributed by atoms with Crippen molar-refractivity contribution in [3.63, 3.8) is 0 Å². The van der Waals surface area contributed by atoms with Gasteiger partial charge in [-0.15, -0.1) is 5.10 Å². The predicted octanol–water partition coefficient (Wildman–Crippen LogP) is 5.41. The quantitative estimate of drug-likeness (QED) is 0.553. The van der Waals surface area contributed by atoms with Gasteiger partial charge >= 0.3 is 5.97 Å². The molecule has 1 aliphatic rings. The number of carbonyl (C=O) groups is 2. The van der Waals surface area contributed by atoms with Crippen molar-refractivity contribution in [1.82, 2.24) is 9.78 Å². The molecule has 0 saturated heterocycles. The van der Waals surface area contributed by atoms with E-state index in [1.165, 1.54) is 23.0 Å². The van der Waals surface area contributed by atoms with Gasteiger partial charge in [-0.05, 0) is 70.6 Å². The molecule has 0 N–H and O–H groups in total. The fourth-order valence-electron chi connectivity index (χ4n) is 4.01. The summed E-state index contributed by atoms with van der Waals surface area (Å²) in [6.45, 7) is 7.87. The molecular formula is C23H29ClFN3O3. The molecule has 1 aromatic heterocycles. The van der Waals surface area contributed by atoms with E-state index in [1.807, 2.05) is 13.8 Å². The Labute approximate surface area is 187 Å². The van der Waals surface area contributed by atoms with E-state index in [1.54, 1.807) is 17.9 Å². The van der Waals surface area contributed by atoms with Crippen molar-refractivity contribution < 1.29 is 18.7 Å².